The number of amides is 1. The summed E-state index contributed by atoms with van der Waals surface area (Å²) in [7, 11) is 0. The topological polar surface area (TPSA) is 112 Å². The Morgan fingerprint density at radius 2 is 2.00 bits per heavy atom. The van der Waals surface area contributed by atoms with Gasteiger partial charge >= 0.3 is 0 Å². The maximum absolute atomic E-state index is 12.2. The Labute approximate surface area is 119 Å². The number of nitrogen functional groups attached to an aromatic ring is 1. The SMILES string of the molecule is Nc1cccnc1C(=O)Nc1cccnc1-n1cncn1. The normalized spacial score (nSPS) is 10.3. The fourth-order valence-electron chi connectivity index (χ4n) is 1.78. The zero-order valence-corrected chi connectivity index (χ0v) is 10.8. The third kappa shape index (κ3) is 2.54. The van der Waals surface area contributed by atoms with Crippen molar-refractivity contribution in [2.45, 2.75) is 0 Å². The zero-order valence-electron chi connectivity index (χ0n) is 10.8. The van der Waals surface area contributed by atoms with Crippen LogP contribution in [0.15, 0.2) is 49.3 Å². The molecule has 3 rings (SSSR count). The number of nitrogens with two attached hydrogens (primary N) is 1. The molecule has 8 heteroatoms. The highest BCUT2D eigenvalue weighted by molar-refractivity contribution is 6.06. The summed E-state index contributed by atoms with van der Waals surface area (Å²) in [5, 5.41) is 6.72. The van der Waals surface area contributed by atoms with Gasteiger partial charge in [0, 0.05) is 12.4 Å². The van der Waals surface area contributed by atoms with Crippen LogP contribution in [0.25, 0.3) is 5.82 Å². The molecule has 3 N–H and O–H groups in total. The van der Waals surface area contributed by atoms with Gasteiger partial charge < -0.3 is 11.1 Å². The summed E-state index contributed by atoms with van der Waals surface area (Å²) in [4.78, 5) is 24.2. The van der Waals surface area contributed by atoms with E-state index in [9.17, 15) is 4.79 Å². The molecule has 3 aromatic rings. The first-order chi connectivity index (χ1) is 10.3. The van der Waals surface area contributed by atoms with Gasteiger partial charge in [-0.2, -0.15) is 5.10 Å². The molecule has 0 aromatic carbocycles. The van der Waals surface area contributed by atoms with Crippen LogP contribution in [0, 0.1) is 0 Å². The lowest BCUT2D eigenvalue weighted by atomic mass is 10.2. The van der Waals surface area contributed by atoms with Crippen LogP contribution < -0.4 is 11.1 Å². The first kappa shape index (κ1) is 12.7. The average molecular weight is 281 g/mol. The van der Waals surface area contributed by atoms with Gasteiger partial charge in [-0.3, -0.25) is 4.79 Å². The fraction of sp³-hybridized carbons (Fsp3) is 0. The minimum absolute atomic E-state index is 0.158. The standard InChI is InChI=1S/C13H11N7O/c14-9-3-1-5-16-11(9)13(21)19-10-4-2-6-17-12(10)20-8-15-7-18-20/h1-8H,14H2,(H,19,21). The Balaban J connectivity index is 1.93. The number of carbonyl (C=O) groups is 1. The van der Waals surface area contributed by atoms with Crippen LogP contribution in [0.4, 0.5) is 11.4 Å². The molecule has 0 aliphatic rings. The average Bonchev–Trinajstić information content (AvgIpc) is 3.02. The van der Waals surface area contributed by atoms with Gasteiger partial charge in [-0.25, -0.2) is 19.6 Å². The van der Waals surface area contributed by atoms with Crippen molar-refractivity contribution in [3.63, 3.8) is 0 Å². The molecule has 0 saturated heterocycles. The van der Waals surface area contributed by atoms with Crippen LogP contribution in [-0.2, 0) is 0 Å². The molecular weight excluding hydrogens is 270 g/mol. The first-order valence-electron chi connectivity index (χ1n) is 6.07. The van der Waals surface area contributed by atoms with Gasteiger partial charge in [-0.15, -0.1) is 0 Å². The van der Waals surface area contributed by atoms with Crippen LogP contribution >= 0.6 is 0 Å². The number of nitrogens with zero attached hydrogens (tertiary/aromatic N) is 5. The molecule has 0 unspecified atom stereocenters. The molecule has 21 heavy (non-hydrogen) atoms. The molecule has 104 valence electrons. The first-order valence-corrected chi connectivity index (χ1v) is 6.07. The molecule has 0 aliphatic heterocycles. The molecule has 1 amide bonds. The highest BCUT2D eigenvalue weighted by Gasteiger charge is 2.14. The van der Waals surface area contributed by atoms with Crippen molar-refractivity contribution < 1.29 is 4.79 Å². The smallest absolute Gasteiger partial charge is 0.276 e. The number of pyridine rings is 2. The lowest BCUT2D eigenvalue weighted by molar-refractivity contribution is 0.102. The van der Waals surface area contributed by atoms with Gasteiger partial charge in [-0.05, 0) is 24.3 Å². The van der Waals surface area contributed by atoms with Gasteiger partial charge in [0.1, 0.15) is 12.7 Å². The van der Waals surface area contributed by atoms with E-state index in [-0.39, 0.29) is 5.69 Å². The Kier molecular flexibility index (Phi) is 3.26. The van der Waals surface area contributed by atoms with Crippen LogP contribution in [0.3, 0.4) is 0 Å². The minimum Gasteiger partial charge on any atom is -0.397 e. The highest BCUT2D eigenvalue weighted by atomic mass is 16.1. The number of hydrogen-bond donors (Lipinski definition) is 2. The summed E-state index contributed by atoms with van der Waals surface area (Å²) in [6, 6.07) is 6.69. The summed E-state index contributed by atoms with van der Waals surface area (Å²) < 4.78 is 1.46. The van der Waals surface area contributed by atoms with E-state index in [1.54, 1.807) is 30.5 Å². The van der Waals surface area contributed by atoms with E-state index in [0.29, 0.717) is 17.2 Å². The number of rotatable bonds is 3. The lowest BCUT2D eigenvalue weighted by Crippen LogP contribution is -2.17. The molecule has 3 aromatic heterocycles. The molecule has 0 atom stereocenters. The van der Waals surface area contributed by atoms with E-state index in [4.69, 9.17) is 5.73 Å². The van der Waals surface area contributed by atoms with Crippen molar-refractivity contribution in [2.24, 2.45) is 0 Å². The second kappa shape index (κ2) is 5.37. The van der Waals surface area contributed by atoms with Crippen LogP contribution in [0.5, 0.6) is 0 Å². The van der Waals surface area contributed by atoms with E-state index >= 15 is 0 Å². The van der Waals surface area contributed by atoms with Crippen LogP contribution in [0.1, 0.15) is 10.5 Å². The molecule has 0 spiro atoms. The van der Waals surface area contributed by atoms with Crippen molar-refractivity contribution in [3.05, 3.63) is 55.0 Å². The molecule has 0 fully saturated rings. The highest BCUT2D eigenvalue weighted by Crippen LogP contribution is 2.17. The van der Waals surface area contributed by atoms with E-state index in [2.05, 4.69) is 25.4 Å². The van der Waals surface area contributed by atoms with Gasteiger partial charge in [0.05, 0.1) is 11.4 Å². The van der Waals surface area contributed by atoms with Gasteiger partial charge in [0.15, 0.2) is 11.5 Å². The zero-order chi connectivity index (χ0) is 14.7. The second-order valence-electron chi connectivity index (χ2n) is 4.11. The number of carbonyl (C=O) groups excluding carboxylic acids is 1. The van der Waals surface area contributed by atoms with Crippen LogP contribution in [-0.4, -0.2) is 30.6 Å². The summed E-state index contributed by atoms with van der Waals surface area (Å²) in [5.41, 5.74) is 6.69. The largest absolute Gasteiger partial charge is 0.397 e. The molecule has 0 aliphatic carbocycles. The quantitative estimate of drug-likeness (QED) is 0.737. The second-order valence-corrected chi connectivity index (χ2v) is 4.11. The van der Waals surface area contributed by atoms with E-state index in [1.807, 2.05) is 0 Å². The third-order valence-corrected chi connectivity index (χ3v) is 2.72. The Hall–Kier alpha value is -3.29. The summed E-state index contributed by atoms with van der Waals surface area (Å²) in [6.07, 6.45) is 5.98. The van der Waals surface area contributed by atoms with Crippen molar-refractivity contribution in [3.8, 4) is 5.82 Å². The van der Waals surface area contributed by atoms with Crippen LogP contribution in [0.2, 0.25) is 0 Å². The van der Waals surface area contributed by atoms with E-state index in [0.717, 1.165) is 0 Å². The maximum atomic E-state index is 12.2. The summed E-state index contributed by atoms with van der Waals surface area (Å²) in [5.74, 6) is 0.0420. The number of aromatic nitrogens is 5. The molecule has 0 bridgehead atoms. The monoisotopic (exact) mass is 281 g/mol. The minimum atomic E-state index is -0.414. The lowest BCUT2D eigenvalue weighted by Gasteiger charge is -2.10. The number of anilines is 2. The molecular formula is C13H11N7O. The number of nitrogens with one attached hydrogen (secondary N) is 1. The van der Waals surface area contributed by atoms with Crippen molar-refractivity contribution in [1.82, 2.24) is 24.7 Å². The van der Waals surface area contributed by atoms with E-state index in [1.165, 1.54) is 23.5 Å². The Morgan fingerprint density at radius 1 is 1.19 bits per heavy atom. The predicted octanol–water partition coefficient (Wildman–Crippen LogP) is 0.892. The molecule has 3 heterocycles. The van der Waals surface area contributed by atoms with Gasteiger partial charge in [-0.1, -0.05) is 0 Å². The van der Waals surface area contributed by atoms with Gasteiger partial charge in [0.25, 0.3) is 5.91 Å². The predicted molar refractivity (Wildman–Crippen MR) is 75.8 cm³/mol. The Morgan fingerprint density at radius 3 is 2.76 bits per heavy atom. The molecule has 8 nitrogen and oxygen atoms in total. The maximum Gasteiger partial charge on any atom is 0.276 e. The van der Waals surface area contributed by atoms with Crippen molar-refractivity contribution >= 4 is 17.3 Å². The van der Waals surface area contributed by atoms with Crippen molar-refractivity contribution in [2.75, 3.05) is 11.1 Å². The van der Waals surface area contributed by atoms with E-state index < -0.39 is 5.91 Å². The fourth-order valence-corrected chi connectivity index (χ4v) is 1.78. The number of hydrogen-bond acceptors (Lipinski definition) is 6. The Bertz CT molecular complexity index is 770. The summed E-state index contributed by atoms with van der Waals surface area (Å²) >= 11 is 0. The summed E-state index contributed by atoms with van der Waals surface area (Å²) in [6.45, 7) is 0. The third-order valence-electron chi connectivity index (χ3n) is 2.72. The molecule has 0 saturated carbocycles. The van der Waals surface area contributed by atoms with Crippen molar-refractivity contribution in [1.29, 1.82) is 0 Å². The molecule has 0 radical (unpaired) electrons. The van der Waals surface area contributed by atoms with Gasteiger partial charge in [0.2, 0.25) is 0 Å².